The minimum atomic E-state index is -2.84. The SMILES string of the molecule is c1ccc([Si](c2ccccc2)(c2cccc(-c3ccc4sc5sc6ccccc6c5c4c3)c2)c2ccc3c4ccccc4c4ccccc4c3c2)cc1. The molecule has 0 bridgehead atoms. The van der Waals surface area contributed by atoms with Gasteiger partial charge in [-0.2, -0.15) is 0 Å². The van der Waals surface area contributed by atoms with Crippen molar-refractivity contribution < 1.29 is 0 Å². The zero-order valence-corrected chi connectivity index (χ0v) is 31.4. The molecular formula is C50H32S2Si. The summed E-state index contributed by atoms with van der Waals surface area (Å²) in [6.45, 7) is 0. The number of benzene rings is 9. The fourth-order valence-corrected chi connectivity index (χ4v) is 16.3. The van der Waals surface area contributed by atoms with E-state index < -0.39 is 8.07 Å². The molecule has 0 spiro atoms. The summed E-state index contributed by atoms with van der Waals surface area (Å²) < 4.78 is 4.12. The smallest absolute Gasteiger partial charge is 0.124 e. The average molecular weight is 725 g/mol. The molecule has 11 rings (SSSR count). The first-order chi connectivity index (χ1) is 26.3. The number of rotatable bonds is 5. The van der Waals surface area contributed by atoms with Crippen LogP contribution in [0, 0.1) is 0 Å². The van der Waals surface area contributed by atoms with Gasteiger partial charge in [-0.1, -0.05) is 176 Å². The maximum Gasteiger partial charge on any atom is 0.179 e. The summed E-state index contributed by atoms with van der Waals surface area (Å²) >= 11 is 3.83. The Bertz CT molecular complexity index is 3100. The Labute approximate surface area is 316 Å². The number of hydrogen-bond acceptors (Lipinski definition) is 2. The van der Waals surface area contributed by atoms with Crippen molar-refractivity contribution in [2.24, 2.45) is 0 Å². The van der Waals surface area contributed by atoms with Gasteiger partial charge in [-0.25, -0.2) is 0 Å². The Morgan fingerprint density at radius 1 is 0.283 bits per heavy atom. The highest BCUT2D eigenvalue weighted by molar-refractivity contribution is 7.44. The van der Waals surface area contributed by atoms with E-state index in [1.54, 1.807) is 0 Å². The Morgan fingerprint density at radius 2 is 0.774 bits per heavy atom. The van der Waals surface area contributed by atoms with Crippen LogP contribution in [0.5, 0.6) is 0 Å². The molecule has 0 saturated heterocycles. The molecule has 0 fully saturated rings. The maximum absolute atomic E-state index is 2.84. The van der Waals surface area contributed by atoms with E-state index in [9.17, 15) is 0 Å². The average Bonchev–Trinajstić information content (AvgIpc) is 3.78. The Kier molecular flexibility index (Phi) is 7.03. The first kappa shape index (κ1) is 30.8. The number of fused-ring (bicyclic) bond motifs is 11. The maximum atomic E-state index is 2.54. The molecule has 11 aromatic rings. The van der Waals surface area contributed by atoms with Crippen molar-refractivity contribution in [2.45, 2.75) is 0 Å². The largest absolute Gasteiger partial charge is 0.179 e. The molecule has 53 heavy (non-hydrogen) atoms. The predicted molar refractivity (Wildman–Crippen MR) is 236 cm³/mol. The lowest BCUT2D eigenvalue weighted by molar-refractivity contribution is 1.65. The van der Waals surface area contributed by atoms with E-state index in [1.807, 2.05) is 22.7 Å². The minimum absolute atomic E-state index is 1.25. The highest BCUT2D eigenvalue weighted by Crippen LogP contribution is 2.45. The summed E-state index contributed by atoms with van der Waals surface area (Å²) in [5.74, 6) is 0. The topological polar surface area (TPSA) is 0 Å². The molecular weight excluding hydrogens is 693 g/mol. The van der Waals surface area contributed by atoms with Crippen molar-refractivity contribution in [3.05, 3.63) is 194 Å². The Morgan fingerprint density at radius 3 is 1.43 bits per heavy atom. The third-order valence-corrected chi connectivity index (χ3v) is 18.4. The predicted octanol–water partition coefficient (Wildman–Crippen LogP) is 11.8. The van der Waals surface area contributed by atoms with Crippen molar-refractivity contribution in [2.75, 3.05) is 0 Å². The van der Waals surface area contributed by atoms with Crippen molar-refractivity contribution >= 4 is 113 Å². The van der Waals surface area contributed by atoms with Crippen LogP contribution in [0.25, 0.3) is 73.0 Å². The van der Waals surface area contributed by atoms with Gasteiger partial charge < -0.3 is 0 Å². The molecule has 0 nitrogen and oxygen atoms in total. The summed E-state index contributed by atoms with van der Waals surface area (Å²) in [6, 6.07) is 73.3. The normalized spacial score (nSPS) is 12.2. The second kappa shape index (κ2) is 12.1. The molecule has 2 heterocycles. The van der Waals surface area contributed by atoms with E-state index in [0.717, 1.165) is 0 Å². The van der Waals surface area contributed by atoms with Crippen molar-refractivity contribution in [1.29, 1.82) is 0 Å². The van der Waals surface area contributed by atoms with Crippen molar-refractivity contribution in [3.63, 3.8) is 0 Å². The second-order valence-corrected chi connectivity index (χ2v) is 20.2. The van der Waals surface area contributed by atoms with Gasteiger partial charge in [-0.15, -0.1) is 22.7 Å². The number of hydrogen-bond donors (Lipinski definition) is 0. The first-order valence-corrected chi connectivity index (χ1v) is 21.8. The zero-order chi connectivity index (χ0) is 34.9. The monoisotopic (exact) mass is 724 g/mol. The van der Waals surface area contributed by atoms with Gasteiger partial charge in [0.15, 0.2) is 8.07 Å². The Balaban J connectivity index is 1.20. The van der Waals surface area contributed by atoms with Crippen LogP contribution in [0.3, 0.4) is 0 Å². The van der Waals surface area contributed by atoms with Gasteiger partial charge in [0.25, 0.3) is 0 Å². The van der Waals surface area contributed by atoms with E-state index in [0.29, 0.717) is 0 Å². The standard InChI is InChI=1S/C50H32S2Si/c1-3-15-35(16-4-1)53(36-17-5-2-6-18-36,38-27-28-43-41-22-8-7-20-39(41)40-21-9-10-23-42(40)45(43)32-38)37-19-13-14-33(30-37)34-26-29-48-46(31-34)49-44-24-11-12-25-47(44)51-50(49)52-48/h1-32H. The van der Waals surface area contributed by atoms with E-state index >= 15 is 0 Å². The highest BCUT2D eigenvalue weighted by atomic mass is 32.2. The van der Waals surface area contributed by atoms with Gasteiger partial charge in [0.2, 0.25) is 0 Å². The van der Waals surface area contributed by atoms with Gasteiger partial charge in [-0.05, 0) is 82.4 Å². The van der Waals surface area contributed by atoms with Crippen LogP contribution in [0.15, 0.2) is 194 Å². The zero-order valence-electron chi connectivity index (χ0n) is 28.8. The summed E-state index contributed by atoms with van der Waals surface area (Å²) in [5, 5.41) is 17.5. The summed E-state index contributed by atoms with van der Waals surface area (Å²) in [5.41, 5.74) is 2.51. The van der Waals surface area contributed by atoms with Crippen LogP contribution in [0.4, 0.5) is 0 Å². The summed E-state index contributed by atoms with van der Waals surface area (Å²) in [6.07, 6.45) is 0. The third kappa shape index (κ3) is 4.65. The van der Waals surface area contributed by atoms with Crippen LogP contribution in [-0.4, -0.2) is 8.07 Å². The molecule has 0 unspecified atom stereocenters. The molecule has 0 amide bonds. The lowest BCUT2D eigenvalue weighted by atomic mass is 9.94. The minimum Gasteiger partial charge on any atom is -0.124 e. The van der Waals surface area contributed by atoms with Crippen LogP contribution in [-0.2, 0) is 0 Å². The molecule has 0 aliphatic rings. The van der Waals surface area contributed by atoms with Gasteiger partial charge in [0.1, 0.15) is 0 Å². The van der Waals surface area contributed by atoms with Crippen LogP contribution >= 0.6 is 22.7 Å². The highest BCUT2D eigenvalue weighted by Gasteiger charge is 2.41. The van der Waals surface area contributed by atoms with Crippen molar-refractivity contribution in [1.82, 2.24) is 0 Å². The first-order valence-electron chi connectivity index (χ1n) is 18.2. The molecule has 0 saturated carbocycles. The van der Waals surface area contributed by atoms with Gasteiger partial charge in [0, 0.05) is 25.6 Å². The third-order valence-electron chi connectivity index (χ3n) is 11.2. The van der Waals surface area contributed by atoms with E-state index in [4.69, 9.17) is 0 Å². The van der Waals surface area contributed by atoms with Crippen LogP contribution in [0.1, 0.15) is 0 Å². The molecule has 9 aromatic carbocycles. The molecule has 0 radical (unpaired) electrons. The lowest BCUT2D eigenvalue weighted by Gasteiger charge is -2.35. The van der Waals surface area contributed by atoms with Gasteiger partial charge in [0.05, 0.1) is 4.01 Å². The molecule has 0 aliphatic carbocycles. The lowest BCUT2D eigenvalue weighted by Crippen LogP contribution is -2.74. The van der Waals surface area contributed by atoms with E-state index in [1.165, 1.54) is 93.8 Å². The number of thiophene rings is 2. The second-order valence-electron chi connectivity index (χ2n) is 14.0. The molecule has 2 aromatic heterocycles. The summed E-state index contributed by atoms with van der Waals surface area (Å²) in [7, 11) is -2.84. The van der Waals surface area contributed by atoms with Gasteiger partial charge in [-0.3, -0.25) is 0 Å². The fourth-order valence-electron chi connectivity index (χ4n) is 8.89. The quantitative estimate of drug-likeness (QED) is 0.0942. The van der Waals surface area contributed by atoms with Crippen LogP contribution < -0.4 is 20.7 Å². The van der Waals surface area contributed by atoms with Crippen LogP contribution in [0.2, 0.25) is 0 Å². The molecule has 3 heteroatoms. The van der Waals surface area contributed by atoms with Gasteiger partial charge >= 0.3 is 0 Å². The summed E-state index contributed by atoms with van der Waals surface area (Å²) in [4.78, 5) is 0. The van der Waals surface area contributed by atoms with E-state index in [-0.39, 0.29) is 0 Å². The Hall–Kier alpha value is -5.84. The fraction of sp³-hybridized carbons (Fsp3) is 0. The molecule has 0 aliphatic heterocycles. The molecule has 0 N–H and O–H groups in total. The molecule has 0 atom stereocenters. The molecule has 248 valence electrons. The van der Waals surface area contributed by atoms with Crippen molar-refractivity contribution in [3.8, 4) is 11.1 Å². The van der Waals surface area contributed by atoms with E-state index in [2.05, 4.69) is 194 Å².